The summed E-state index contributed by atoms with van der Waals surface area (Å²) >= 11 is 0. The molecule has 1 amide bonds. The molecule has 0 bridgehead atoms. The van der Waals surface area contributed by atoms with Crippen molar-refractivity contribution in [3.8, 4) is 40.3 Å². The fraction of sp³-hybridized carbons (Fsp3) is 0.250. The van der Waals surface area contributed by atoms with E-state index in [9.17, 15) is 24.5 Å². The van der Waals surface area contributed by atoms with E-state index in [4.69, 9.17) is 4.74 Å². The first-order valence-electron chi connectivity index (χ1n) is 9.09. The van der Waals surface area contributed by atoms with E-state index in [0.717, 1.165) is 16.7 Å². The molecule has 0 radical (unpaired) electrons. The van der Waals surface area contributed by atoms with Crippen molar-refractivity contribution in [2.75, 3.05) is 20.7 Å². The molecule has 158 valence electrons. The van der Waals surface area contributed by atoms with Crippen molar-refractivity contribution < 1.29 is 29.2 Å². The van der Waals surface area contributed by atoms with Gasteiger partial charge >= 0.3 is 6.01 Å². The van der Waals surface area contributed by atoms with Crippen LogP contribution in [0.3, 0.4) is 0 Å². The molecule has 2 aromatic carbocycles. The number of nitrogens with zero attached hydrogens (tertiary/aromatic N) is 4. The zero-order valence-corrected chi connectivity index (χ0v) is 16.6. The number of hydrogen-bond acceptors (Lipinski definition) is 7. The molecule has 0 unspecified atom stereocenters. The minimum absolute atomic E-state index is 0.0424. The fourth-order valence-electron chi connectivity index (χ4n) is 3.10. The van der Waals surface area contributed by atoms with Crippen molar-refractivity contribution >= 4 is 5.91 Å². The summed E-state index contributed by atoms with van der Waals surface area (Å²) in [5.74, 6) is -2.14. The number of benzene rings is 2. The summed E-state index contributed by atoms with van der Waals surface area (Å²) in [6, 6.07) is 5.61. The van der Waals surface area contributed by atoms with Gasteiger partial charge in [0.25, 0.3) is 5.91 Å². The second-order valence-electron chi connectivity index (χ2n) is 6.56. The highest BCUT2D eigenvalue weighted by Crippen LogP contribution is 2.39. The predicted octanol–water partition coefficient (Wildman–Crippen LogP) is 2.68. The number of amides is 1. The van der Waals surface area contributed by atoms with Crippen molar-refractivity contribution in [1.29, 1.82) is 0 Å². The molecule has 0 saturated heterocycles. The lowest BCUT2D eigenvalue weighted by molar-refractivity contribution is 0.0792. The van der Waals surface area contributed by atoms with Crippen molar-refractivity contribution in [3.05, 3.63) is 41.7 Å². The van der Waals surface area contributed by atoms with Crippen LogP contribution in [0.5, 0.6) is 23.3 Å². The van der Waals surface area contributed by atoms with Gasteiger partial charge in [0.2, 0.25) is 0 Å². The molecular formula is C20H21FN4O5. The van der Waals surface area contributed by atoms with Crippen LogP contribution in [0.2, 0.25) is 0 Å². The molecule has 0 atom stereocenters. The molecule has 9 nitrogen and oxygen atoms in total. The number of aromatic hydroxyl groups is 3. The van der Waals surface area contributed by atoms with Gasteiger partial charge in [-0.3, -0.25) is 4.79 Å². The molecule has 10 heteroatoms. The van der Waals surface area contributed by atoms with E-state index < -0.39 is 29.2 Å². The summed E-state index contributed by atoms with van der Waals surface area (Å²) in [7, 11) is 2.91. The number of halogens is 1. The SMILES string of the molecule is CCCN(C)C(=O)c1cc(-c2nnc(O)n2-c2c(F)cccc2OC)c(O)cc1O. The Labute approximate surface area is 171 Å². The molecule has 3 aromatic rings. The third kappa shape index (κ3) is 3.59. The number of phenolic OH excluding ortho intramolecular Hbond substituents is 2. The highest BCUT2D eigenvalue weighted by Gasteiger charge is 2.26. The quantitative estimate of drug-likeness (QED) is 0.565. The van der Waals surface area contributed by atoms with Crippen LogP contribution in [-0.4, -0.2) is 61.6 Å². The summed E-state index contributed by atoms with van der Waals surface area (Å²) in [6.45, 7) is 2.36. The number of carbonyl (C=O) groups excluding carboxylic acids is 1. The summed E-state index contributed by atoms with van der Waals surface area (Å²) in [5, 5.41) is 38.2. The minimum atomic E-state index is -0.733. The smallest absolute Gasteiger partial charge is 0.319 e. The zero-order chi connectivity index (χ0) is 22.0. The van der Waals surface area contributed by atoms with Gasteiger partial charge in [-0.1, -0.05) is 18.1 Å². The molecule has 0 saturated carbocycles. The highest BCUT2D eigenvalue weighted by atomic mass is 19.1. The average Bonchev–Trinajstić information content (AvgIpc) is 3.08. The van der Waals surface area contributed by atoms with Gasteiger partial charge in [0.1, 0.15) is 22.9 Å². The van der Waals surface area contributed by atoms with Gasteiger partial charge < -0.3 is 25.0 Å². The van der Waals surface area contributed by atoms with Gasteiger partial charge in [-0.15, -0.1) is 5.10 Å². The minimum Gasteiger partial charge on any atom is -0.507 e. The molecule has 3 N–H and O–H groups in total. The monoisotopic (exact) mass is 416 g/mol. The second kappa shape index (κ2) is 8.27. The van der Waals surface area contributed by atoms with E-state index in [2.05, 4.69) is 10.2 Å². The third-order valence-electron chi connectivity index (χ3n) is 4.53. The average molecular weight is 416 g/mol. The number of aromatic nitrogens is 3. The molecule has 3 rings (SSSR count). The topological polar surface area (TPSA) is 121 Å². The summed E-state index contributed by atoms with van der Waals surface area (Å²) in [5.41, 5.74) is -0.312. The molecule has 30 heavy (non-hydrogen) atoms. The molecule has 0 aliphatic rings. The van der Waals surface area contributed by atoms with E-state index in [1.165, 1.54) is 30.2 Å². The molecule has 1 heterocycles. The van der Waals surface area contributed by atoms with Crippen LogP contribution in [0, 0.1) is 5.82 Å². The summed E-state index contributed by atoms with van der Waals surface area (Å²) < 4.78 is 20.7. The van der Waals surface area contributed by atoms with Crippen LogP contribution < -0.4 is 4.74 Å². The van der Waals surface area contributed by atoms with Crippen LogP contribution in [0.25, 0.3) is 17.1 Å². The Hall–Kier alpha value is -3.82. The molecule has 1 aromatic heterocycles. The lowest BCUT2D eigenvalue weighted by atomic mass is 10.1. The second-order valence-corrected chi connectivity index (χ2v) is 6.56. The Morgan fingerprint density at radius 1 is 1.20 bits per heavy atom. The van der Waals surface area contributed by atoms with Crippen LogP contribution in [0.1, 0.15) is 23.7 Å². The Morgan fingerprint density at radius 2 is 1.93 bits per heavy atom. The van der Waals surface area contributed by atoms with Crippen molar-refractivity contribution in [2.45, 2.75) is 13.3 Å². The maximum Gasteiger partial charge on any atom is 0.319 e. The highest BCUT2D eigenvalue weighted by molar-refractivity contribution is 5.98. The van der Waals surface area contributed by atoms with Gasteiger partial charge in [-0.25, -0.2) is 8.96 Å². The van der Waals surface area contributed by atoms with Crippen molar-refractivity contribution in [3.63, 3.8) is 0 Å². The lowest BCUT2D eigenvalue weighted by Gasteiger charge is -2.18. The van der Waals surface area contributed by atoms with E-state index in [1.807, 2.05) is 6.92 Å². The number of ether oxygens (including phenoxy) is 1. The number of carbonyl (C=O) groups is 1. The first-order valence-corrected chi connectivity index (χ1v) is 9.09. The van der Waals surface area contributed by atoms with Gasteiger partial charge in [0, 0.05) is 19.7 Å². The molecule has 0 aliphatic heterocycles. The molecule has 0 spiro atoms. The van der Waals surface area contributed by atoms with Gasteiger partial charge in [-0.05, 0) is 24.6 Å². The number of rotatable bonds is 6. The zero-order valence-electron chi connectivity index (χ0n) is 16.6. The lowest BCUT2D eigenvalue weighted by Crippen LogP contribution is -2.27. The summed E-state index contributed by atoms with van der Waals surface area (Å²) in [4.78, 5) is 14.1. The standard InChI is InChI=1S/C20H21FN4O5/c1-4-8-24(2)19(28)12-9-11(14(26)10-15(12)27)18-22-23-20(29)25(18)17-13(21)6-5-7-16(17)30-3/h5-7,9-10,26-27H,4,8H2,1-3H3,(H,23,29). The van der Waals surface area contributed by atoms with Gasteiger partial charge in [0.05, 0.1) is 18.2 Å². The fourth-order valence-corrected chi connectivity index (χ4v) is 3.10. The van der Waals surface area contributed by atoms with Crippen LogP contribution in [0.15, 0.2) is 30.3 Å². The largest absolute Gasteiger partial charge is 0.507 e. The van der Waals surface area contributed by atoms with E-state index in [1.54, 1.807) is 7.05 Å². The Morgan fingerprint density at radius 3 is 2.60 bits per heavy atom. The normalized spacial score (nSPS) is 10.8. The van der Waals surface area contributed by atoms with E-state index in [-0.39, 0.29) is 28.4 Å². The van der Waals surface area contributed by atoms with E-state index >= 15 is 0 Å². The molecular weight excluding hydrogens is 395 g/mol. The Bertz CT molecular complexity index is 1100. The first kappa shape index (κ1) is 20.9. The number of phenols is 2. The first-order chi connectivity index (χ1) is 14.3. The van der Waals surface area contributed by atoms with Gasteiger partial charge in [-0.2, -0.15) is 0 Å². The molecule has 0 fully saturated rings. The van der Waals surface area contributed by atoms with E-state index in [0.29, 0.717) is 13.0 Å². The summed E-state index contributed by atoms with van der Waals surface area (Å²) in [6.07, 6.45) is 0.712. The predicted molar refractivity (Wildman–Crippen MR) is 106 cm³/mol. The Kier molecular flexibility index (Phi) is 5.77. The van der Waals surface area contributed by atoms with Gasteiger partial charge in [0.15, 0.2) is 11.6 Å². The Balaban J connectivity index is 2.22. The number of hydrogen-bond donors (Lipinski definition) is 3. The maximum absolute atomic E-state index is 14.6. The van der Waals surface area contributed by atoms with Crippen LogP contribution in [-0.2, 0) is 0 Å². The third-order valence-corrected chi connectivity index (χ3v) is 4.53. The van der Waals surface area contributed by atoms with Crippen LogP contribution >= 0.6 is 0 Å². The van der Waals surface area contributed by atoms with Crippen molar-refractivity contribution in [2.24, 2.45) is 0 Å². The number of para-hydroxylation sites is 1. The maximum atomic E-state index is 14.6. The van der Waals surface area contributed by atoms with Crippen LogP contribution in [0.4, 0.5) is 4.39 Å². The van der Waals surface area contributed by atoms with Crippen molar-refractivity contribution in [1.82, 2.24) is 19.7 Å². The molecule has 0 aliphatic carbocycles. The number of methoxy groups -OCH3 is 1.